The van der Waals surface area contributed by atoms with E-state index in [1.807, 2.05) is 19.1 Å². The van der Waals surface area contributed by atoms with Gasteiger partial charge in [0.15, 0.2) is 0 Å². The summed E-state index contributed by atoms with van der Waals surface area (Å²) in [5.74, 6) is 0. The Bertz CT molecular complexity index is 524. The van der Waals surface area contributed by atoms with Gasteiger partial charge in [-0.05, 0) is 49.9 Å². The van der Waals surface area contributed by atoms with Crippen molar-refractivity contribution in [3.63, 3.8) is 0 Å². The molecule has 3 nitrogen and oxygen atoms in total. The maximum absolute atomic E-state index is 6.05. The standard InChI is InChI=1S/C16H23ClN2O/c1-2-20-12-4-3-8-18-9-11-19-10-7-14-5-6-15(17)13-16(14)19/h5-7,10,13,18H,2-4,8-9,11-12H2,1H3. The SMILES string of the molecule is CCOCCCCNCCn1ccc2ccc(Cl)cc21. The van der Waals surface area contributed by atoms with E-state index in [9.17, 15) is 0 Å². The smallest absolute Gasteiger partial charge is 0.0495 e. The minimum atomic E-state index is 0.793. The predicted molar refractivity (Wildman–Crippen MR) is 85.5 cm³/mol. The van der Waals surface area contributed by atoms with Crippen molar-refractivity contribution in [1.82, 2.24) is 9.88 Å². The second-order valence-electron chi connectivity index (χ2n) is 4.87. The van der Waals surface area contributed by atoms with Crippen molar-refractivity contribution in [2.75, 3.05) is 26.3 Å². The van der Waals surface area contributed by atoms with Gasteiger partial charge in [-0.15, -0.1) is 0 Å². The third-order valence-corrected chi connectivity index (χ3v) is 3.60. The Morgan fingerprint density at radius 2 is 2.10 bits per heavy atom. The summed E-state index contributed by atoms with van der Waals surface area (Å²) in [7, 11) is 0. The molecule has 0 atom stereocenters. The van der Waals surface area contributed by atoms with E-state index in [1.54, 1.807) is 0 Å². The Labute approximate surface area is 125 Å². The van der Waals surface area contributed by atoms with Gasteiger partial charge in [0.1, 0.15) is 0 Å². The Balaban J connectivity index is 1.69. The second kappa shape index (κ2) is 8.30. The first-order valence-corrected chi connectivity index (χ1v) is 7.72. The molecular formula is C16H23ClN2O. The maximum Gasteiger partial charge on any atom is 0.0495 e. The zero-order chi connectivity index (χ0) is 14.2. The maximum atomic E-state index is 6.05. The van der Waals surface area contributed by atoms with Crippen molar-refractivity contribution >= 4 is 22.5 Å². The Kier molecular flexibility index (Phi) is 6.37. The third-order valence-electron chi connectivity index (χ3n) is 3.36. The highest BCUT2D eigenvalue weighted by atomic mass is 35.5. The van der Waals surface area contributed by atoms with Gasteiger partial charge in [0.2, 0.25) is 0 Å². The molecule has 4 heteroatoms. The van der Waals surface area contributed by atoms with Crippen LogP contribution in [0, 0.1) is 0 Å². The van der Waals surface area contributed by atoms with Gasteiger partial charge < -0.3 is 14.6 Å². The van der Waals surface area contributed by atoms with Crippen molar-refractivity contribution in [2.45, 2.75) is 26.3 Å². The van der Waals surface area contributed by atoms with E-state index in [1.165, 1.54) is 10.9 Å². The van der Waals surface area contributed by atoms with Gasteiger partial charge in [0, 0.05) is 43.0 Å². The van der Waals surface area contributed by atoms with Gasteiger partial charge in [0.25, 0.3) is 0 Å². The molecule has 0 spiro atoms. The molecule has 0 fully saturated rings. The number of unbranched alkanes of at least 4 members (excludes halogenated alkanes) is 1. The number of ether oxygens (including phenoxy) is 1. The van der Waals surface area contributed by atoms with Crippen LogP contribution in [0.4, 0.5) is 0 Å². The lowest BCUT2D eigenvalue weighted by Gasteiger charge is -2.08. The second-order valence-corrected chi connectivity index (χ2v) is 5.30. The van der Waals surface area contributed by atoms with E-state index >= 15 is 0 Å². The van der Waals surface area contributed by atoms with Gasteiger partial charge in [-0.1, -0.05) is 17.7 Å². The van der Waals surface area contributed by atoms with E-state index in [-0.39, 0.29) is 0 Å². The Morgan fingerprint density at radius 3 is 2.95 bits per heavy atom. The Hall–Kier alpha value is -1.03. The van der Waals surface area contributed by atoms with Crippen LogP contribution in [0.3, 0.4) is 0 Å². The van der Waals surface area contributed by atoms with E-state index in [0.29, 0.717) is 0 Å². The topological polar surface area (TPSA) is 26.2 Å². The molecule has 0 radical (unpaired) electrons. The van der Waals surface area contributed by atoms with Crippen molar-refractivity contribution in [3.05, 3.63) is 35.5 Å². The van der Waals surface area contributed by atoms with Crippen LogP contribution in [-0.2, 0) is 11.3 Å². The predicted octanol–water partition coefficient (Wildman–Crippen LogP) is 3.70. The average Bonchev–Trinajstić information content (AvgIpc) is 2.84. The minimum absolute atomic E-state index is 0.793. The summed E-state index contributed by atoms with van der Waals surface area (Å²) in [6, 6.07) is 8.16. The molecule has 2 rings (SSSR count). The first-order chi connectivity index (χ1) is 9.81. The summed E-state index contributed by atoms with van der Waals surface area (Å²) in [5, 5.41) is 5.51. The summed E-state index contributed by atoms with van der Waals surface area (Å²) in [6.45, 7) is 6.72. The van der Waals surface area contributed by atoms with Crippen molar-refractivity contribution in [2.24, 2.45) is 0 Å². The number of nitrogens with zero attached hydrogens (tertiary/aromatic N) is 1. The molecule has 0 amide bonds. The highest BCUT2D eigenvalue weighted by Crippen LogP contribution is 2.20. The zero-order valence-corrected chi connectivity index (χ0v) is 12.8. The molecule has 0 saturated heterocycles. The molecule has 20 heavy (non-hydrogen) atoms. The zero-order valence-electron chi connectivity index (χ0n) is 12.1. The summed E-state index contributed by atoms with van der Waals surface area (Å²) in [4.78, 5) is 0. The van der Waals surface area contributed by atoms with Crippen LogP contribution in [0.5, 0.6) is 0 Å². The number of aromatic nitrogens is 1. The number of rotatable bonds is 9. The lowest BCUT2D eigenvalue weighted by atomic mass is 10.2. The lowest BCUT2D eigenvalue weighted by molar-refractivity contribution is 0.143. The molecule has 0 aliphatic heterocycles. The molecule has 110 valence electrons. The first-order valence-electron chi connectivity index (χ1n) is 7.34. The fraction of sp³-hybridized carbons (Fsp3) is 0.500. The largest absolute Gasteiger partial charge is 0.382 e. The van der Waals surface area contributed by atoms with Crippen LogP contribution in [-0.4, -0.2) is 30.9 Å². The molecule has 1 N–H and O–H groups in total. The van der Waals surface area contributed by atoms with Crippen LogP contribution < -0.4 is 5.32 Å². The number of fused-ring (bicyclic) bond motifs is 1. The van der Waals surface area contributed by atoms with Gasteiger partial charge >= 0.3 is 0 Å². The number of hydrogen-bond acceptors (Lipinski definition) is 2. The van der Waals surface area contributed by atoms with Gasteiger partial charge in [0.05, 0.1) is 0 Å². The quantitative estimate of drug-likeness (QED) is 0.714. The van der Waals surface area contributed by atoms with E-state index in [0.717, 1.165) is 50.7 Å². The minimum Gasteiger partial charge on any atom is -0.382 e. The fourth-order valence-corrected chi connectivity index (χ4v) is 2.44. The summed E-state index contributed by atoms with van der Waals surface area (Å²) in [6.07, 6.45) is 4.42. The molecule has 0 aliphatic rings. The summed E-state index contributed by atoms with van der Waals surface area (Å²) >= 11 is 6.05. The fourth-order valence-electron chi connectivity index (χ4n) is 2.28. The van der Waals surface area contributed by atoms with Crippen LogP contribution in [0.25, 0.3) is 10.9 Å². The highest BCUT2D eigenvalue weighted by Gasteiger charge is 2.01. The van der Waals surface area contributed by atoms with E-state index in [2.05, 4.69) is 28.2 Å². The van der Waals surface area contributed by atoms with E-state index < -0.39 is 0 Å². The van der Waals surface area contributed by atoms with Crippen molar-refractivity contribution in [1.29, 1.82) is 0 Å². The number of benzene rings is 1. The first kappa shape index (κ1) is 15.4. The summed E-state index contributed by atoms with van der Waals surface area (Å²) < 4.78 is 7.56. The molecule has 1 heterocycles. The van der Waals surface area contributed by atoms with Gasteiger partial charge in [-0.3, -0.25) is 0 Å². The van der Waals surface area contributed by atoms with Gasteiger partial charge in [-0.2, -0.15) is 0 Å². The normalized spacial score (nSPS) is 11.3. The molecule has 0 unspecified atom stereocenters. The number of nitrogens with one attached hydrogen (secondary N) is 1. The lowest BCUT2D eigenvalue weighted by Crippen LogP contribution is -2.21. The molecule has 1 aromatic carbocycles. The van der Waals surface area contributed by atoms with Crippen LogP contribution >= 0.6 is 11.6 Å². The Morgan fingerprint density at radius 1 is 1.20 bits per heavy atom. The van der Waals surface area contributed by atoms with Crippen LogP contribution in [0.1, 0.15) is 19.8 Å². The van der Waals surface area contributed by atoms with Crippen LogP contribution in [0.2, 0.25) is 5.02 Å². The van der Waals surface area contributed by atoms with Crippen LogP contribution in [0.15, 0.2) is 30.5 Å². The molecule has 0 aliphatic carbocycles. The number of hydrogen-bond donors (Lipinski definition) is 1. The number of halogens is 1. The summed E-state index contributed by atoms with van der Waals surface area (Å²) in [5.41, 5.74) is 1.20. The van der Waals surface area contributed by atoms with Crippen molar-refractivity contribution < 1.29 is 4.74 Å². The average molecular weight is 295 g/mol. The third kappa shape index (κ3) is 4.51. The van der Waals surface area contributed by atoms with Gasteiger partial charge in [-0.25, -0.2) is 0 Å². The monoisotopic (exact) mass is 294 g/mol. The highest BCUT2D eigenvalue weighted by molar-refractivity contribution is 6.31. The molecule has 1 aromatic heterocycles. The molecule has 0 bridgehead atoms. The molecule has 2 aromatic rings. The van der Waals surface area contributed by atoms with E-state index in [4.69, 9.17) is 16.3 Å². The van der Waals surface area contributed by atoms with Crippen molar-refractivity contribution in [3.8, 4) is 0 Å². The molecule has 0 saturated carbocycles. The molecular weight excluding hydrogens is 272 g/mol.